The maximum absolute atomic E-state index is 12.0. The fraction of sp³-hybridized carbons (Fsp3) is 0.733. The zero-order valence-corrected chi connectivity index (χ0v) is 13.3. The molecule has 2 fully saturated rings. The lowest BCUT2D eigenvalue weighted by atomic mass is 10.1. The van der Waals surface area contributed by atoms with Gasteiger partial charge in [-0.1, -0.05) is 12.8 Å². The molecular weight excluding hydrogens is 302 g/mol. The van der Waals surface area contributed by atoms with Gasteiger partial charge in [-0.3, -0.25) is 19.2 Å². The average Bonchev–Trinajstić information content (AvgIpc) is 3.19. The predicted molar refractivity (Wildman–Crippen MR) is 80.1 cm³/mol. The molecule has 0 radical (unpaired) electrons. The molecule has 1 saturated heterocycles. The van der Waals surface area contributed by atoms with E-state index in [1.54, 1.807) is 4.90 Å². The molecule has 2 aliphatic rings. The van der Waals surface area contributed by atoms with Crippen molar-refractivity contribution in [1.29, 1.82) is 0 Å². The Balaban J connectivity index is 1.72. The molecule has 23 heavy (non-hydrogen) atoms. The highest BCUT2D eigenvalue weighted by Crippen LogP contribution is 2.29. The van der Waals surface area contributed by atoms with E-state index in [4.69, 9.17) is 4.74 Å². The molecule has 1 aliphatic heterocycles. The molecule has 1 saturated carbocycles. The second kappa shape index (κ2) is 7.94. The van der Waals surface area contributed by atoms with Crippen molar-refractivity contribution in [3.63, 3.8) is 0 Å². The average molecular weight is 325 g/mol. The third-order valence-corrected chi connectivity index (χ3v) is 4.33. The largest absolute Gasteiger partial charge is 0.455 e. The van der Waals surface area contributed by atoms with Gasteiger partial charge in [-0.25, -0.2) is 0 Å². The Morgan fingerprint density at radius 3 is 2.57 bits per heavy atom. The Hall–Kier alpha value is -2.12. The SMILES string of the molecule is CNC(=O)CNC(=O)COC(=O)[C@@H]1CC(=O)N(C2CCCC2)C1. The van der Waals surface area contributed by atoms with Crippen molar-refractivity contribution >= 4 is 23.7 Å². The normalized spacial score (nSPS) is 21.3. The van der Waals surface area contributed by atoms with Gasteiger partial charge in [0.1, 0.15) is 0 Å². The Morgan fingerprint density at radius 1 is 1.22 bits per heavy atom. The minimum atomic E-state index is -0.543. The van der Waals surface area contributed by atoms with E-state index in [9.17, 15) is 19.2 Å². The van der Waals surface area contributed by atoms with Crippen LogP contribution in [0.25, 0.3) is 0 Å². The number of ether oxygens (including phenoxy) is 1. The van der Waals surface area contributed by atoms with Crippen molar-refractivity contribution in [2.45, 2.75) is 38.1 Å². The fourth-order valence-corrected chi connectivity index (χ4v) is 3.03. The molecular formula is C15H23N3O5. The molecule has 0 aromatic rings. The van der Waals surface area contributed by atoms with Gasteiger partial charge >= 0.3 is 5.97 Å². The van der Waals surface area contributed by atoms with E-state index in [0.717, 1.165) is 25.7 Å². The van der Waals surface area contributed by atoms with Crippen LogP contribution in [0.4, 0.5) is 0 Å². The highest BCUT2D eigenvalue weighted by Gasteiger charge is 2.39. The molecule has 8 heteroatoms. The summed E-state index contributed by atoms with van der Waals surface area (Å²) in [5, 5.41) is 4.70. The van der Waals surface area contributed by atoms with Gasteiger partial charge in [-0.2, -0.15) is 0 Å². The first-order chi connectivity index (χ1) is 11.0. The summed E-state index contributed by atoms with van der Waals surface area (Å²) in [6, 6.07) is 0.246. The summed E-state index contributed by atoms with van der Waals surface area (Å²) in [6.07, 6.45) is 4.38. The molecule has 0 spiro atoms. The van der Waals surface area contributed by atoms with Gasteiger partial charge in [0.05, 0.1) is 12.5 Å². The zero-order valence-electron chi connectivity index (χ0n) is 13.3. The van der Waals surface area contributed by atoms with Crippen LogP contribution >= 0.6 is 0 Å². The van der Waals surface area contributed by atoms with Gasteiger partial charge in [0, 0.05) is 26.1 Å². The number of nitrogens with zero attached hydrogens (tertiary/aromatic N) is 1. The van der Waals surface area contributed by atoms with Gasteiger partial charge in [0.2, 0.25) is 11.8 Å². The number of amides is 3. The maximum atomic E-state index is 12.0. The first kappa shape index (κ1) is 17.2. The van der Waals surface area contributed by atoms with Gasteiger partial charge in [0.25, 0.3) is 5.91 Å². The number of hydrogen-bond donors (Lipinski definition) is 2. The van der Waals surface area contributed by atoms with E-state index >= 15 is 0 Å². The molecule has 3 amide bonds. The Labute approximate surface area is 134 Å². The van der Waals surface area contributed by atoms with Crippen LogP contribution in [-0.2, 0) is 23.9 Å². The smallest absolute Gasteiger partial charge is 0.311 e. The highest BCUT2D eigenvalue weighted by molar-refractivity contribution is 5.89. The standard InChI is InChI=1S/C15H23N3O5/c1-16-12(19)7-17-13(20)9-23-15(22)10-6-14(21)18(8-10)11-4-2-3-5-11/h10-11H,2-9H2,1H3,(H,16,19)(H,17,20)/t10-/m1/s1. The number of nitrogens with one attached hydrogen (secondary N) is 2. The van der Waals surface area contributed by atoms with Gasteiger partial charge < -0.3 is 20.3 Å². The van der Waals surface area contributed by atoms with Crippen LogP contribution in [0.2, 0.25) is 0 Å². The summed E-state index contributed by atoms with van der Waals surface area (Å²) < 4.78 is 4.95. The molecule has 2 rings (SSSR count). The number of carbonyl (C=O) groups excluding carboxylic acids is 4. The van der Waals surface area contributed by atoms with Crippen molar-refractivity contribution < 1.29 is 23.9 Å². The van der Waals surface area contributed by atoms with Crippen LogP contribution in [0.5, 0.6) is 0 Å². The molecule has 0 aromatic heterocycles. The number of esters is 1. The molecule has 1 heterocycles. The van der Waals surface area contributed by atoms with Crippen molar-refractivity contribution in [2.24, 2.45) is 5.92 Å². The van der Waals surface area contributed by atoms with E-state index in [1.807, 2.05) is 0 Å². The summed E-state index contributed by atoms with van der Waals surface area (Å²) in [4.78, 5) is 48.3. The number of likely N-dealkylation sites (tertiary alicyclic amines) is 1. The monoisotopic (exact) mass is 325 g/mol. The van der Waals surface area contributed by atoms with Gasteiger partial charge in [-0.05, 0) is 12.8 Å². The molecule has 0 aromatic carbocycles. The molecule has 1 atom stereocenters. The van der Waals surface area contributed by atoms with Crippen molar-refractivity contribution in [2.75, 3.05) is 26.7 Å². The maximum Gasteiger partial charge on any atom is 0.311 e. The van der Waals surface area contributed by atoms with Crippen molar-refractivity contribution in [3.8, 4) is 0 Å². The molecule has 1 aliphatic carbocycles. The Bertz CT molecular complexity index is 488. The minimum Gasteiger partial charge on any atom is -0.455 e. The van der Waals surface area contributed by atoms with E-state index < -0.39 is 24.4 Å². The Morgan fingerprint density at radius 2 is 1.91 bits per heavy atom. The Kier molecular flexibility index (Phi) is 5.95. The lowest BCUT2D eigenvalue weighted by molar-refractivity contribution is -0.152. The predicted octanol–water partition coefficient (Wildman–Crippen LogP) is -0.817. The van der Waals surface area contributed by atoms with Crippen LogP contribution in [0.1, 0.15) is 32.1 Å². The quantitative estimate of drug-likeness (QED) is 0.621. The van der Waals surface area contributed by atoms with Gasteiger partial charge in [0.15, 0.2) is 6.61 Å². The number of likely N-dealkylation sites (N-methyl/N-ethyl adjacent to an activating group) is 1. The minimum absolute atomic E-state index is 0.0112. The lowest BCUT2D eigenvalue weighted by Gasteiger charge is -2.23. The summed E-state index contributed by atoms with van der Waals surface area (Å²) in [6.45, 7) is -0.226. The summed E-state index contributed by atoms with van der Waals surface area (Å²) in [5.74, 6) is -1.93. The number of hydrogen-bond acceptors (Lipinski definition) is 5. The second-order valence-corrected chi connectivity index (χ2v) is 5.94. The van der Waals surface area contributed by atoms with Crippen molar-refractivity contribution in [1.82, 2.24) is 15.5 Å². The number of carbonyl (C=O) groups is 4. The van der Waals surface area contributed by atoms with E-state index in [0.29, 0.717) is 6.54 Å². The van der Waals surface area contributed by atoms with Crippen molar-refractivity contribution in [3.05, 3.63) is 0 Å². The molecule has 2 N–H and O–H groups in total. The molecule has 0 bridgehead atoms. The van der Waals surface area contributed by atoms with Gasteiger partial charge in [-0.15, -0.1) is 0 Å². The van der Waals surface area contributed by atoms with Crippen LogP contribution < -0.4 is 10.6 Å². The van der Waals surface area contributed by atoms with Crippen LogP contribution in [0, 0.1) is 5.92 Å². The van der Waals surface area contributed by atoms with Crippen LogP contribution in [-0.4, -0.2) is 61.4 Å². The lowest BCUT2D eigenvalue weighted by Crippen LogP contribution is -2.38. The van der Waals surface area contributed by atoms with E-state index in [1.165, 1.54) is 7.05 Å². The topological polar surface area (TPSA) is 105 Å². The van der Waals surface area contributed by atoms with E-state index in [-0.39, 0.29) is 30.8 Å². The summed E-state index contributed by atoms with van der Waals surface area (Å²) in [5.41, 5.74) is 0. The molecule has 0 unspecified atom stereocenters. The first-order valence-corrected chi connectivity index (χ1v) is 7.94. The van der Waals surface area contributed by atoms with E-state index in [2.05, 4.69) is 10.6 Å². The summed E-state index contributed by atoms with van der Waals surface area (Å²) in [7, 11) is 1.46. The molecule has 128 valence electrons. The van der Waals surface area contributed by atoms with Crippen LogP contribution in [0.15, 0.2) is 0 Å². The number of rotatable bonds is 6. The van der Waals surface area contributed by atoms with Crippen LogP contribution in [0.3, 0.4) is 0 Å². The fourth-order valence-electron chi connectivity index (χ4n) is 3.03. The second-order valence-electron chi connectivity index (χ2n) is 5.94. The third kappa shape index (κ3) is 4.67. The first-order valence-electron chi connectivity index (χ1n) is 7.94. The zero-order chi connectivity index (χ0) is 16.8. The summed E-state index contributed by atoms with van der Waals surface area (Å²) >= 11 is 0. The molecule has 8 nitrogen and oxygen atoms in total. The third-order valence-electron chi connectivity index (χ3n) is 4.33. The highest BCUT2D eigenvalue weighted by atomic mass is 16.5.